The number of thioether (sulfide) groups is 1. The molecule has 0 bridgehead atoms. The average Bonchev–Trinajstić information content (AvgIpc) is 3.19. The van der Waals surface area contributed by atoms with Crippen LogP contribution < -0.4 is 10.1 Å². The number of methoxy groups -OCH3 is 1. The van der Waals surface area contributed by atoms with Gasteiger partial charge >= 0.3 is 0 Å². The second-order valence-corrected chi connectivity index (χ2v) is 7.50. The first-order valence-electron chi connectivity index (χ1n) is 7.15. The molecule has 6 nitrogen and oxygen atoms in total. The third-order valence-electron chi connectivity index (χ3n) is 3.25. The molecule has 1 aliphatic heterocycles. The van der Waals surface area contributed by atoms with E-state index in [-0.39, 0.29) is 18.4 Å². The van der Waals surface area contributed by atoms with E-state index in [1.165, 1.54) is 28.0 Å². The number of thiazole rings is 1. The molecule has 9 heteroatoms. The molecule has 1 N–H and O–H groups in total. The molecule has 0 unspecified atom stereocenters. The number of carbonyl (C=O) groups excluding carboxylic acids is 2. The first-order chi connectivity index (χ1) is 12.1. The monoisotopic (exact) mass is 391 g/mol. The zero-order valence-corrected chi connectivity index (χ0v) is 15.5. The predicted octanol–water partition coefficient (Wildman–Crippen LogP) is 2.99. The highest BCUT2D eigenvalue weighted by Crippen LogP contribution is 2.32. The number of ether oxygens (including phenoxy) is 1. The van der Waals surface area contributed by atoms with Gasteiger partial charge in [-0.05, 0) is 23.8 Å². The Hall–Kier alpha value is -2.23. The lowest BCUT2D eigenvalue weighted by molar-refractivity contribution is -0.126. The Morgan fingerprint density at radius 1 is 1.48 bits per heavy atom. The first-order valence-corrected chi connectivity index (χ1v) is 9.26. The Kier molecular flexibility index (Phi) is 5.47. The van der Waals surface area contributed by atoms with Gasteiger partial charge in [-0.15, -0.1) is 11.3 Å². The molecule has 128 valence electrons. The summed E-state index contributed by atoms with van der Waals surface area (Å²) in [5, 5.41) is 4.88. The lowest BCUT2D eigenvalue weighted by atomic mass is 10.2. The molecule has 1 fully saturated rings. The Morgan fingerprint density at radius 3 is 3.04 bits per heavy atom. The fraction of sp³-hybridized carbons (Fsp3) is 0.125. The van der Waals surface area contributed by atoms with Crippen LogP contribution in [0.4, 0.5) is 5.13 Å². The Bertz CT molecular complexity index is 849. The fourth-order valence-electron chi connectivity index (χ4n) is 2.11. The molecule has 1 saturated heterocycles. The molecule has 1 aromatic heterocycles. The summed E-state index contributed by atoms with van der Waals surface area (Å²) in [5.41, 5.74) is 0.826. The molecule has 2 aromatic rings. The summed E-state index contributed by atoms with van der Waals surface area (Å²) in [6, 6.07) is 7.35. The lowest BCUT2D eigenvalue weighted by Crippen LogP contribution is -2.36. The highest BCUT2D eigenvalue weighted by atomic mass is 32.2. The highest BCUT2D eigenvalue weighted by Gasteiger charge is 2.33. The van der Waals surface area contributed by atoms with Crippen LogP contribution >= 0.6 is 35.3 Å². The van der Waals surface area contributed by atoms with Gasteiger partial charge in [0.25, 0.3) is 5.91 Å². The molecule has 0 atom stereocenters. The van der Waals surface area contributed by atoms with Gasteiger partial charge in [-0.25, -0.2) is 4.98 Å². The molecular weight excluding hydrogens is 378 g/mol. The summed E-state index contributed by atoms with van der Waals surface area (Å²) in [6.45, 7) is -0.139. The van der Waals surface area contributed by atoms with Crippen molar-refractivity contribution in [2.75, 3.05) is 19.0 Å². The molecular formula is C16H13N3O3S3. The molecule has 1 aromatic carbocycles. The Balaban J connectivity index is 1.71. The van der Waals surface area contributed by atoms with Crippen LogP contribution in [0.1, 0.15) is 5.56 Å². The van der Waals surface area contributed by atoms with E-state index in [1.54, 1.807) is 24.8 Å². The van der Waals surface area contributed by atoms with Crippen LogP contribution in [0.2, 0.25) is 0 Å². The van der Waals surface area contributed by atoms with E-state index in [0.29, 0.717) is 20.1 Å². The van der Waals surface area contributed by atoms with Crippen LogP contribution in [0.25, 0.3) is 6.08 Å². The summed E-state index contributed by atoms with van der Waals surface area (Å²) < 4.78 is 5.53. The van der Waals surface area contributed by atoms with Crippen molar-refractivity contribution in [3.63, 3.8) is 0 Å². The number of hydrogen-bond acceptors (Lipinski definition) is 7. The molecule has 3 rings (SSSR count). The number of nitrogens with zero attached hydrogens (tertiary/aromatic N) is 2. The van der Waals surface area contributed by atoms with Gasteiger partial charge in [0.2, 0.25) is 5.91 Å². The minimum absolute atomic E-state index is 0.139. The maximum atomic E-state index is 12.5. The number of aromatic nitrogens is 1. The molecule has 2 heterocycles. The van der Waals surface area contributed by atoms with E-state index in [1.807, 2.05) is 24.3 Å². The van der Waals surface area contributed by atoms with Crippen LogP contribution in [0.5, 0.6) is 5.75 Å². The van der Waals surface area contributed by atoms with E-state index < -0.39 is 0 Å². The number of hydrogen-bond donors (Lipinski definition) is 1. The van der Waals surface area contributed by atoms with Crippen LogP contribution in [-0.4, -0.2) is 39.7 Å². The molecule has 0 saturated carbocycles. The van der Waals surface area contributed by atoms with Crippen LogP contribution in [-0.2, 0) is 9.59 Å². The van der Waals surface area contributed by atoms with Gasteiger partial charge in [0.05, 0.1) is 12.0 Å². The molecule has 0 spiro atoms. The van der Waals surface area contributed by atoms with E-state index in [0.717, 1.165) is 5.56 Å². The van der Waals surface area contributed by atoms with Gasteiger partial charge in [-0.3, -0.25) is 14.5 Å². The van der Waals surface area contributed by atoms with Crippen molar-refractivity contribution in [2.45, 2.75) is 0 Å². The summed E-state index contributed by atoms with van der Waals surface area (Å²) in [5.74, 6) is 0.0769. The van der Waals surface area contributed by atoms with Gasteiger partial charge in [-0.2, -0.15) is 0 Å². The number of carbonyl (C=O) groups is 2. The first kappa shape index (κ1) is 17.6. The van der Waals surface area contributed by atoms with E-state index >= 15 is 0 Å². The number of amides is 2. The van der Waals surface area contributed by atoms with Gasteiger partial charge in [0, 0.05) is 11.6 Å². The van der Waals surface area contributed by atoms with Gasteiger partial charge in [-0.1, -0.05) is 36.1 Å². The average molecular weight is 391 g/mol. The second-order valence-electron chi connectivity index (χ2n) is 4.93. The Morgan fingerprint density at radius 2 is 2.32 bits per heavy atom. The number of nitrogens with one attached hydrogen (secondary N) is 1. The quantitative estimate of drug-likeness (QED) is 0.624. The minimum atomic E-state index is -0.339. The number of benzene rings is 1. The van der Waals surface area contributed by atoms with Crippen LogP contribution in [0, 0.1) is 0 Å². The standard InChI is InChI=1S/C16H13N3O3S3/c1-22-11-4-2-3-10(7-11)8-12-14(21)19(16(23)25-12)9-13(20)18-15-17-5-6-24-15/h2-8H,9H2,1H3,(H,17,18,20)/b12-8+. The maximum Gasteiger partial charge on any atom is 0.266 e. The predicted molar refractivity (Wildman–Crippen MR) is 104 cm³/mol. The summed E-state index contributed by atoms with van der Waals surface area (Å²) >= 11 is 7.72. The van der Waals surface area contributed by atoms with E-state index in [9.17, 15) is 9.59 Å². The molecule has 2 amide bonds. The van der Waals surface area contributed by atoms with Crippen LogP contribution in [0.15, 0.2) is 40.7 Å². The molecule has 0 radical (unpaired) electrons. The highest BCUT2D eigenvalue weighted by molar-refractivity contribution is 8.26. The molecule has 1 aliphatic rings. The number of rotatable bonds is 5. The lowest BCUT2D eigenvalue weighted by Gasteiger charge is -2.13. The van der Waals surface area contributed by atoms with Gasteiger partial charge in [0.15, 0.2) is 5.13 Å². The van der Waals surface area contributed by atoms with Crippen molar-refractivity contribution in [1.29, 1.82) is 0 Å². The Labute approximate surface area is 157 Å². The number of anilines is 1. The summed E-state index contributed by atoms with van der Waals surface area (Å²) in [6.07, 6.45) is 3.33. The van der Waals surface area contributed by atoms with Crippen molar-refractivity contribution in [3.8, 4) is 5.75 Å². The van der Waals surface area contributed by atoms with Gasteiger partial charge in [0.1, 0.15) is 16.6 Å². The minimum Gasteiger partial charge on any atom is -0.497 e. The fourth-order valence-corrected chi connectivity index (χ4v) is 3.91. The third-order valence-corrected chi connectivity index (χ3v) is 5.31. The molecule has 0 aliphatic carbocycles. The summed E-state index contributed by atoms with van der Waals surface area (Å²) in [7, 11) is 1.58. The van der Waals surface area contributed by atoms with Crippen molar-refractivity contribution in [1.82, 2.24) is 9.88 Å². The zero-order valence-electron chi connectivity index (χ0n) is 13.1. The largest absolute Gasteiger partial charge is 0.497 e. The maximum absolute atomic E-state index is 12.5. The zero-order chi connectivity index (χ0) is 17.8. The van der Waals surface area contributed by atoms with Crippen LogP contribution in [0.3, 0.4) is 0 Å². The van der Waals surface area contributed by atoms with Crippen molar-refractivity contribution < 1.29 is 14.3 Å². The topological polar surface area (TPSA) is 71.5 Å². The van der Waals surface area contributed by atoms with E-state index in [4.69, 9.17) is 17.0 Å². The van der Waals surface area contributed by atoms with Crippen molar-refractivity contribution in [2.24, 2.45) is 0 Å². The molecule has 25 heavy (non-hydrogen) atoms. The van der Waals surface area contributed by atoms with Crippen molar-refractivity contribution >= 4 is 62.7 Å². The van der Waals surface area contributed by atoms with Crippen molar-refractivity contribution in [3.05, 3.63) is 46.3 Å². The smallest absolute Gasteiger partial charge is 0.266 e. The normalized spacial score (nSPS) is 15.7. The van der Waals surface area contributed by atoms with Gasteiger partial charge < -0.3 is 10.1 Å². The third kappa shape index (κ3) is 4.25. The number of thiocarbonyl (C=S) groups is 1. The second kappa shape index (κ2) is 7.77. The van der Waals surface area contributed by atoms with E-state index in [2.05, 4.69) is 10.3 Å². The SMILES string of the molecule is COc1cccc(/C=C2/SC(=S)N(CC(=O)Nc3nccs3)C2=O)c1. The summed E-state index contributed by atoms with van der Waals surface area (Å²) in [4.78, 5) is 30.3.